The molecule has 2 aliphatic rings. The fourth-order valence-corrected chi connectivity index (χ4v) is 4.12. The third-order valence-corrected chi connectivity index (χ3v) is 5.33. The third kappa shape index (κ3) is 4.16. The van der Waals surface area contributed by atoms with Crippen LogP contribution in [0.2, 0.25) is 0 Å². The first-order chi connectivity index (χ1) is 13.0. The number of amides is 2. The quantitative estimate of drug-likeness (QED) is 0.391. The Bertz CT molecular complexity index is 651. The summed E-state index contributed by atoms with van der Waals surface area (Å²) in [6, 6.07) is 0. The second kappa shape index (κ2) is 9.56. The molecule has 0 aromatic rings. The number of esters is 1. The fraction of sp³-hybridized carbons (Fsp3) is 0.650. The number of likely N-dealkylation sites (tertiary alicyclic amines) is 1. The Balaban J connectivity index is 2.41. The van der Waals surface area contributed by atoms with E-state index in [0.717, 1.165) is 19.3 Å². The highest BCUT2D eigenvalue weighted by atomic mass is 16.5. The zero-order valence-electron chi connectivity index (χ0n) is 16.1. The molecule has 2 atom stereocenters. The van der Waals surface area contributed by atoms with Crippen molar-refractivity contribution in [2.24, 2.45) is 11.3 Å². The average Bonchev–Trinajstić information content (AvgIpc) is 2.82. The molecule has 1 aliphatic heterocycles. The van der Waals surface area contributed by atoms with Crippen LogP contribution in [0.1, 0.15) is 38.5 Å². The van der Waals surface area contributed by atoms with E-state index in [1.807, 2.05) is 6.08 Å². The number of methoxy groups -OCH3 is 2. The first kappa shape index (κ1) is 21.0. The van der Waals surface area contributed by atoms with Crippen molar-refractivity contribution in [1.82, 2.24) is 10.2 Å². The van der Waals surface area contributed by atoms with Crippen LogP contribution in [0.5, 0.6) is 0 Å². The standard InChI is InChI=1S/C20H28N2O5/c1-4-11-21-17(23)14-15-18(24)22(12-8-13-26-2)16-9-6-5-7-10-20(15,16)19(25)27-3/h1,9,15H,5-8,10-14H2,2-3H3,(H,21,23)/t15-,20+/m0/s1. The number of carbonyl (C=O) groups is 3. The van der Waals surface area contributed by atoms with Gasteiger partial charge in [-0.2, -0.15) is 0 Å². The van der Waals surface area contributed by atoms with Gasteiger partial charge in [-0.3, -0.25) is 14.4 Å². The van der Waals surface area contributed by atoms with Crippen LogP contribution in [0.3, 0.4) is 0 Å². The molecule has 148 valence electrons. The summed E-state index contributed by atoms with van der Waals surface area (Å²) in [6.45, 7) is 1.04. The van der Waals surface area contributed by atoms with Crippen LogP contribution in [-0.4, -0.2) is 56.6 Å². The Kier molecular flexibility index (Phi) is 7.43. The molecule has 0 radical (unpaired) electrons. The Labute approximate surface area is 160 Å². The normalized spacial score (nSPS) is 24.5. The van der Waals surface area contributed by atoms with Crippen LogP contribution in [0.15, 0.2) is 11.8 Å². The van der Waals surface area contributed by atoms with Crippen molar-refractivity contribution in [1.29, 1.82) is 0 Å². The molecule has 0 aromatic carbocycles. The van der Waals surface area contributed by atoms with Gasteiger partial charge in [0.25, 0.3) is 0 Å². The highest BCUT2D eigenvalue weighted by molar-refractivity contribution is 5.98. The van der Waals surface area contributed by atoms with Crippen molar-refractivity contribution in [3.8, 4) is 12.3 Å². The van der Waals surface area contributed by atoms with Crippen LogP contribution in [-0.2, 0) is 23.9 Å². The molecule has 1 aliphatic carbocycles. The van der Waals surface area contributed by atoms with Crippen molar-refractivity contribution >= 4 is 17.8 Å². The van der Waals surface area contributed by atoms with Crippen molar-refractivity contribution in [3.05, 3.63) is 11.8 Å². The Hall–Kier alpha value is -2.33. The van der Waals surface area contributed by atoms with Gasteiger partial charge in [-0.25, -0.2) is 0 Å². The summed E-state index contributed by atoms with van der Waals surface area (Å²) in [5, 5.41) is 2.59. The van der Waals surface area contributed by atoms with Gasteiger partial charge in [0.15, 0.2) is 0 Å². The van der Waals surface area contributed by atoms with Gasteiger partial charge in [0.05, 0.1) is 19.6 Å². The number of allylic oxidation sites excluding steroid dienone is 1. The maximum absolute atomic E-state index is 13.2. The topological polar surface area (TPSA) is 84.9 Å². The molecule has 7 nitrogen and oxygen atoms in total. The lowest BCUT2D eigenvalue weighted by Crippen LogP contribution is -2.41. The number of hydrogen-bond donors (Lipinski definition) is 1. The summed E-state index contributed by atoms with van der Waals surface area (Å²) in [7, 11) is 2.93. The molecule has 1 N–H and O–H groups in total. The van der Waals surface area contributed by atoms with E-state index in [4.69, 9.17) is 15.9 Å². The van der Waals surface area contributed by atoms with Crippen molar-refractivity contribution in [2.75, 3.05) is 33.9 Å². The molecule has 7 heteroatoms. The highest BCUT2D eigenvalue weighted by Gasteiger charge is 2.61. The molecule has 27 heavy (non-hydrogen) atoms. The Morgan fingerprint density at radius 2 is 2.19 bits per heavy atom. The zero-order valence-corrected chi connectivity index (χ0v) is 16.1. The van der Waals surface area contributed by atoms with Gasteiger partial charge in [0.2, 0.25) is 11.8 Å². The minimum absolute atomic E-state index is 0.0885. The Morgan fingerprint density at radius 1 is 1.41 bits per heavy atom. The van der Waals surface area contributed by atoms with E-state index in [2.05, 4.69) is 11.2 Å². The van der Waals surface area contributed by atoms with Crippen LogP contribution in [0.25, 0.3) is 0 Å². The summed E-state index contributed by atoms with van der Waals surface area (Å²) in [4.78, 5) is 40.1. The molecule has 0 unspecified atom stereocenters. The summed E-state index contributed by atoms with van der Waals surface area (Å²) in [5.41, 5.74) is -0.425. The molecular weight excluding hydrogens is 348 g/mol. The number of terminal acetylenes is 1. The van der Waals surface area contributed by atoms with Crippen LogP contribution in [0.4, 0.5) is 0 Å². The largest absolute Gasteiger partial charge is 0.468 e. The molecule has 2 amide bonds. The lowest BCUT2D eigenvalue weighted by atomic mass is 9.71. The first-order valence-electron chi connectivity index (χ1n) is 9.32. The molecular formula is C20H28N2O5. The number of carbonyl (C=O) groups excluding carboxylic acids is 3. The minimum atomic E-state index is -1.11. The van der Waals surface area contributed by atoms with Crippen LogP contribution >= 0.6 is 0 Å². The number of hydrogen-bond acceptors (Lipinski definition) is 5. The molecule has 1 fully saturated rings. The van der Waals surface area contributed by atoms with Crippen molar-refractivity contribution in [3.63, 3.8) is 0 Å². The van der Waals surface area contributed by atoms with Gasteiger partial charge in [-0.1, -0.05) is 18.4 Å². The van der Waals surface area contributed by atoms with E-state index in [-0.39, 0.29) is 24.8 Å². The monoisotopic (exact) mass is 376 g/mol. The number of fused-ring (bicyclic) bond motifs is 1. The number of rotatable bonds is 8. The molecule has 0 saturated carbocycles. The summed E-state index contributed by atoms with van der Waals surface area (Å²) < 4.78 is 10.2. The van der Waals surface area contributed by atoms with Crippen molar-refractivity contribution < 1.29 is 23.9 Å². The summed E-state index contributed by atoms with van der Waals surface area (Å²) >= 11 is 0. The van der Waals surface area contributed by atoms with E-state index in [9.17, 15) is 14.4 Å². The fourth-order valence-electron chi connectivity index (χ4n) is 4.12. The molecule has 1 heterocycles. The minimum Gasteiger partial charge on any atom is -0.468 e. The number of nitrogens with one attached hydrogen (secondary N) is 1. The van der Waals surface area contributed by atoms with E-state index < -0.39 is 17.3 Å². The molecule has 0 aromatic heterocycles. The van der Waals surface area contributed by atoms with E-state index in [0.29, 0.717) is 31.7 Å². The maximum Gasteiger partial charge on any atom is 0.318 e. The molecule has 0 bridgehead atoms. The Morgan fingerprint density at radius 3 is 2.85 bits per heavy atom. The van der Waals surface area contributed by atoms with Gasteiger partial charge in [0.1, 0.15) is 5.41 Å². The summed E-state index contributed by atoms with van der Waals surface area (Å²) in [5.74, 6) is 0.566. The number of ether oxygens (including phenoxy) is 2. The van der Waals surface area contributed by atoms with Gasteiger partial charge >= 0.3 is 5.97 Å². The second-order valence-corrected chi connectivity index (χ2v) is 6.87. The predicted octanol–water partition coefficient (Wildman–Crippen LogP) is 1.24. The number of nitrogens with zero attached hydrogens (tertiary/aromatic N) is 1. The molecule has 1 saturated heterocycles. The van der Waals surface area contributed by atoms with Gasteiger partial charge < -0.3 is 19.7 Å². The molecule has 2 rings (SSSR count). The third-order valence-electron chi connectivity index (χ3n) is 5.33. The van der Waals surface area contributed by atoms with Gasteiger partial charge in [-0.15, -0.1) is 6.42 Å². The molecule has 0 spiro atoms. The smallest absolute Gasteiger partial charge is 0.318 e. The lowest BCUT2D eigenvalue weighted by molar-refractivity contribution is -0.155. The average molecular weight is 376 g/mol. The predicted molar refractivity (Wildman–Crippen MR) is 99.2 cm³/mol. The second-order valence-electron chi connectivity index (χ2n) is 6.87. The first-order valence-corrected chi connectivity index (χ1v) is 9.32. The SMILES string of the molecule is C#CCNC(=O)C[C@H]1C(=O)N(CCCOC)C2=CCCCC[C@]21C(=O)OC. The van der Waals surface area contributed by atoms with Crippen molar-refractivity contribution in [2.45, 2.75) is 38.5 Å². The lowest BCUT2D eigenvalue weighted by Gasteiger charge is -2.31. The van der Waals surface area contributed by atoms with E-state index in [1.165, 1.54) is 7.11 Å². The van der Waals surface area contributed by atoms with Crippen LogP contribution in [0, 0.1) is 23.7 Å². The van der Waals surface area contributed by atoms with Crippen LogP contribution < -0.4 is 5.32 Å². The maximum atomic E-state index is 13.2. The van der Waals surface area contributed by atoms with E-state index in [1.54, 1.807) is 12.0 Å². The van der Waals surface area contributed by atoms with Gasteiger partial charge in [0, 0.05) is 32.4 Å². The highest BCUT2D eigenvalue weighted by Crippen LogP contribution is 2.52. The van der Waals surface area contributed by atoms with Gasteiger partial charge in [-0.05, 0) is 25.7 Å². The van der Waals surface area contributed by atoms with E-state index >= 15 is 0 Å². The summed E-state index contributed by atoms with van der Waals surface area (Å²) in [6.07, 6.45) is 10.7. The zero-order chi connectivity index (χ0) is 19.9.